The summed E-state index contributed by atoms with van der Waals surface area (Å²) >= 11 is 0. The van der Waals surface area contributed by atoms with Gasteiger partial charge in [-0.1, -0.05) is 0 Å². The summed E-state index contributed by atoms with van der Waals surface area (Å²) in [6.45, 7) is 3.19. The molecule has 0 aromatic rings. The summed E-state index contributed by atoms with van der Waals surface area (Å²) in [5.74, 6) is -0.478. The molecule has 29 heavy (non-hydrogen) atoms. The second-order valence-corrected chi connectivity index (χ2v) is 7.33. The minimum atomic E-state index is -1.56. The Morgan fingerprint density at radius 3 is 2.03 bits per heavy atom. The molecule has 0 bridgehead atoms. The normalized spacial score (nSPS) is 43.4. The van der Waals surface area contributed by atoms with Crippen LogP contribution in [0.4, 0.5) is 0 Å². The highest BCUT2D eigenvalue weighted by Crippen LogP contribution is 2.29. The number of hydrogen-bond donors (Lipinski definition) is 7. The Kier molecular flexibility index (Phi) is 8.72. The third-order valence-corrected chi connectivity index (χ3v) is 5.02. The lowest BCUT2D eigenvalue weighted by Gasteiger charge is -2.46. The molecule has 2 aliphatic rings. The molecule has 170 valence electrons. The molecule has 12 nitrogen and oxygen atoms in total. The monoisotopic (exact) mass is 425 g/mol. The van der Waals surface area contributed by atoms with Crippen LogP contribution in [0.1, 0.15) is 20.8 Å². The molecule has 2 heterocycles. The first-order valence-corrected chi connectivity index (χ1v) is 9.43. The summed E-state index contributed by atoms with van der Waals surface area (Å²) < 4.78 is 21.8. The largest absolute Gasteiger partial charge is 0.394 e. The molecule has 10 atom stereocenters. The van der Waals surface area contributed by atoms with Crippen LogP contribution in [0, 0.1) is 0 Å². The van der Waals surface area contributed by atoms with Crippen molar-refractivity contribution in [2.24, 2.45) is 0 Å². The van der Waals surface area contributed by atoms with Crippen molar-refractivity contribution in [2.45, 2.75) is 88.2 Å². The molecule has 12 heteroatoms. The average molecular weight is 425 g/mol. The van der Waals surface area contributed by atoms with E-state index in [-0.39, 0.29) is 0 Å². The van der Waals surface area contributed by atoms with E-state index in [2.05, 4.69) is 5.32 Å². The lowest BCUT2D eigenvalue weighted by molar-refractivity contribution is -0.352. The van der Waals surface area contributed by atoms with Gasteiger partial charge in [0.1, 0.15) is 36.6 Å². The van der Waals surface area contributed by atoms with Crippen LogP contribution < -0.4 is 5.32 Å². The molecule has 0 radical (unpaired) electrons. The van der Waals surface area contributed by atoms with Gasteiger partial charge < -0.3 is 54.9 Å². The fourth-order valence-corrected chi connectivity index (χ4v) is 3.31. The minimum absolute atomic E-state index is 0.478. The third kappa shape index (κ3) is 5.61. The van der Waals surface area contributed by atoms with E-state index < -0.39 is 86.6 Å². The summed E-state index contributed by atoms with van der Waals surface area (Å²) in [5.41, 5.74) is 0. The zero-order chi connectivity index (χ0) is 21.9. The van der Waals surface area contributed by atoms with Crippen LogP contribution >= 0.6 is 0 Å². The first kappa shape index (κ1) is 24.3. The van der Waals surface area contributed by atoms with Crippen molar-refractivity contribution in [3.05, 3.63) is 0 Å². The molecule has 0 saturated carbocycles. The van der Waals surface area contributed by atoms with Gasteiger partial charge in [0, 0.05) is 6.92 Å². The number of rotatable bonds is 7. The highest BCUT2D eigenvalue weighted by Gasteiger charge is 2.50. The Morgan fingerprint density at radius 1 is 0.931 bits per heavy atom. The summed E-state index contributed by atoms with van der Waals surface area (Å²) in [7, 11) is 0. The molecule has 2 saturated heterocycles. The highest BCUT2D eigenvalue weighted by molar-refractivity contribution is 5.73. The summed E-state index contributed by atoms with van der Waals surface area (Å²) in [4.78, 5) is 11.4. The fraction of sp³-hybridized carbons (Fsp3) is 0.941. The first-order valence-electron chi connectivity index (χ1n) is 9.43. The van der Waals surface area contributed by atoms with Crippen molar-refractivity contribution in [1.29, 1.82) is 0 Å². The number of carbonyl (C=O) groups excluding carboxylic acids is 1. The van der Waals surface area contributed by atoms with Gasteiger partial charge in [-0.05, 0) is 13.8 Å². The van der Waals surface area contributed by atoms with Crippen molar-refractivity contribution in [2.75, 3.05) is 13.2 Å². The number of amides is 1. The molecule has 0 aliphatic carbocycles. The van der Waals surface area contributed by atoms with Crippen LogP contribution in [0.25, 0.3) is 0 Å². The number of aliphatic hydroxyl groups excluding tert-OH is 6. The lowest BCUT2D eigenvalue weighted by atomic mass is 9.95. The van der Waals surface area contributed by atoms with Crippen molar-refractivity contribution in [3.8, 4) is 0 Å². The van der Waals surface area contributed by atoms with Crippen LogP contribution in [0.5, 0.6) is 0 Å². The Morgan fingerprint density at radius 2 is 1.48 bits per heavy atom. The minimum Gasteiger partial charge on any atom is -0.394 e. The van der Waals surface area contributed by atoms with Crippen LogP contribution in [0.2, 0.25) is 0 Å². The smallest absolute Gasteiger partial charge is 0.217 e. The van der Waals surface area contributed by atoms with Crippen LogP contribution in [0.3, 0.4) is 0 Å². The summed E-state index contributed by atoms with van der Waals surface area (Å²) in [6, 6.07) is -1.09. The second kappa shape index (κ2) is 10.4. The zero-order valence-corrected chi connectivity index (χ0v) is 16.5. The number of aliphatic hydroxyl groups is 6. The second-order valence-electron chi connectivity index (χ2n) is 7.33. The maximum absolute atomic E-state index is 11.4. The van der Waals surface area contributed by atoms with E-state index in [1.165, 1.54) is 20.8 Å². The van der Waals surface area contributed by atoms with E-state index >= 15 is 0 Å². The molecule has 2 rings (SSSR count). The molecule has 0 aromatic carbocycles. The highest BCUT2D eigenvalue weighted by atomic mass is 16.7. The number of carbonyl (C=O) groups is 1. The van der Waals surface area contributed by atoms with E-state index in [1.807, 2.05) is 0 Å². The fourth-order valence-electron chi connectivity index (χ4n) is 3.31. The number of hydrogen-bond acceptors (Lipinski definition) is 11. The van der Waals surface area contributed by atoms with Gasteiger partial charge in [-0.3, -0.25) is 4.79 Å². The molecule has 2 fully saturated rings. The molecule has 0 unspecified atom stereocenters. The zero-order valence-electron chi connectivity index (χ0n) is 16.5. The molecule has 0 spiro atoms. The predicted molar refractivity (Wildman–Crippen MR) is 94.2 cm³/mol. The molecule has 7 N–H and O–H groups in total. The molecular formula is C17H31NO11. The third-order valence-electron chi connectivity index (χ3n) is 5.02. The Hall–Kier alpha value is -0.930. The first-order chi connectivity index (χ1) is 13.6. The van der Waals surface area contributed by atoms with E-state index in [4.69, 9.17) is 29.2 Å². The SMILES string of the molecule is CC(=O)N[C@@H]1[C@@H](O)[C@@H](O[C@@H]2[C@@H](O)[C@H](C)O[C@@H](OC(CO)CO)[C@@H]2O)O[C@H](C)[C@H]1O. The Bertz CT molecular complexity index is 534. The van der Waals surface area contributed by atoms with Gasteiger partial charge in [-0.15, -0.1) is 0 Å². The topological polar surface area (TPSA) is 187 Å². The van der Waals surface area contributed by atoms with Crippen LogP contribution in [-0.4, -0.2) is 117 Å². The predicted octanol–water partition coefficient (Wildman–Crippen LogP) is -3.82. The Labute approximate surface area is 167 Å². The van der Waals surface area contributed by atoms with Gasteiger partial charge in [-0.25, -0.2) is 0 Å². The standard InChI is InChI=1S/C17H31NO11/c1-6-11(22)10(18-8(3)21)13(24)16(26-6)29-15-12(23)7(2)27-17(14(15)25)28-9(4-19)5-20/h6-7,9-17,19-20,22-25H,4-5H2,1-3H3,(H,18,21)/t6-,7+,10+,11-,12+,13-,14-,15-,16-,17+/m1/s1. The van der Waals surface area contributed by atoms with Crippen molar-refractivity contribution in [3.63, 3.8) is 0 Å². The van der Waals surface area contributed by atoms with Gasteiger partial charge >= 0.3 is 0 Å². The quantitative estimate of drug-likeness (QED) is 0.212. The number of nitrogens with one attached hydrogen (secondary N) is 1. The van der Waals surface area contributed by atoms with E-state index in [1.54, 1.807) is 0 Å². The number of ether oxygens (including phenoxy) is 4. The van der Waals surface area contributed by atoms with Gasteiger partial charge in [0.2, 0.25) is 5.91 Å². The van der Waals surface area contributed by atoms with Gasteiger partial charge in [-0.2, -0.15) is 0 Å². The molecule has 0 aromatic heterocycles. The maximum Gasteiger partial charge on any atom is 0.217 e. The van der Waals surface area contributed by atoms with Crippen molar-refractivity contribution in [1.82, 2.24) is 5.32 Å². The van der Waals surface area contributed by atoms with Gasteiger partial charge in [0.15, 0.2) is 12.6 Å². The summed E-state index contributed by atoms with van der Waals surface area (Å²) in [5, 5.41) is 62.4. The van der Waals surface area contributed by atoms with Crippen LogP contribution in [-0.2, 0) is 23.7 Å². The molecule has 2 aliphatic heterocycles. The average Bonchev–Trinajstić information content (AvgIpc) is 2.67. The van der Waals surface area contributed by atoms with E-state index in [9.17, 15) is 25.2 Å². The summed E-state index contributed by atoms with van der Waals surface area (Å²) in [6.07, 6.45) is -12.4. The van der Waals surface area contributed by atoms with E-state index in [0.29, 0.717) is 0 Å². The maximum atomic E-state index is 11.4. The van der Waals surface area contributed by atoms with Gasteiger partial charge in [0.05, 0.1) is 31.5 Å². The molecule has 1 amide bonds. The Balaban J connectivity index is 2.15. The van der Waals surface area contributed by atoms with Crippen molar-refractivity contribution < 1.29 is 54.4 Å². The van der Waals surface area contributed by atoms with Crippen molar-refractivity contribution >= 4 is 5.91 Å². The van der Waals surface area contributed by atoms with E-state index in [0.717, 1.165) is 0 Å². The van der Waals surface area contributed by atoms with Crippen LogP contribution in [0.15, 0.2) is 0 Å². The molecular weight excluding hydrogens is 394 g/mol. The van der Waals surface area contributed by atoms with Gasteiger partial charge in [0.25, 0.3) is 0 Å². The lowest BCUT2D eigenvalue weighted by Crippen LogP contribution is -2.66.